The SMILES string of the molecule is CN1CCN(c2cccc3c2ccn3S(=O)(=O)c2ccc(F)cc2F)CC1. The normalized spacial score (nSPS) is 16.2. The van der Waals surface area contributed by atoms with Crippen LogP contribution in [0.2, 0.25) is 0 Å². The van der Waals surface area contributed by atoms with Gasteiger partial charge >= 0.3 is 0 Å². The van der Waals surface area contributed by atoms with Crippen LogP contribution in [0.1, 0.15) is 0 Å². The van der Waals surface area contributed by atoms with Crippen LogP contribution in [-0.4, -0.2) is 50.5 Å². The van der Waals surface area contributed by atoms with Gasteiger partial charge in [0.1, 0.15) is 16.5 Å². The Labute approximate surface area is 156 Å². The summed E-state index contributed by atoms with van der Waals surface area (Å²) in [7, 11) is -2.11. The molecule has 8 heteroatoms. The van der Waals surface area contributed by atoms with E-state index in [1.807, 2.05) is 6.07 Å². The highest BCUT2D eigenvalue weighted by molar-refractivity contribution is 7.90. The third-order valence-corrected chi connectivity index (χ3v) is 6.67. The van der Waals surface area contributed by atoms with E-state index in [1.54, 1.807) is 18.2 Å². The first-order chi connectivity index (χ1) is 12.9. The molecule has 142 valence electrons. The van der Waals surface area contributed by atoms with E-state index in [-0.39, 0.29) is 0 Å². The second-order valence-corrected chi connectivity index (χ2v) is 8.47. The molecule has 0 saturated carbocycles. The fourth-order valence-electron chi connectivity index (χ4n) is 3.45. The number of likely N-dealkylation sites (N-methyl/N-ethyl adjacent to an activating group) is 1. The molecule has 1 saturated heterocycles. The molecule has 0 amide bonds. The first-order valence-electron chi connectivity index (χ1n) is 8.62. The van der Waals surface area contributed by atoms with E-state index in [2.05, 4.69) is 16.8 Å². The van der Waals surface area contributed by atoms with Crippen LogP contribution in [0.25, 0.3) is 10.9 Å². The fourth-order valence-corrected chi connectivity index (χ4v) is 4.85. The summed E-state index contributed by atoms with van der Waals surface area (Å²) in [6.45, 7) is 3.55. The molecule has 1 aliphatic heterocycles. The molecule has 5 nitrogen and oxygen atoms in total. The van der Waals surface area contributed by atoms with Crippen molar-refractivity contribution in [3.05, 3.63) is 60.3 Å². The van der Waals surface area contributed by atoms with Crippen molar-refractivity contribution >= 4 is 26.6 Å². The first kappa shape index (κ1) is 17.9. The lowest BCUT2D eigenvalue weighted by Crippen LogP contribution is -2.44. The molecular weight excluding hydrogens is 372 g/mol. The van der Waals surface area contributed by atoms with Crippen molar-refractivity contribution in [3.8, 4) is 0 Å². The summed E-state index contributed by atoms with van der Waals surface area (Å²) in [5, 5.41) is 0.785. The highest BCUT2D eigenvalue weighted by Crippen LogP contribution is 2.31. The maximum Gasteiger partial charge on any atom is 0.271 e. The third-order valence-electron chi connectivity index (χ3n) is 4.95. The zero-order chi connectivity index (χ0) is 19.2. The van der Waals surface area contributed by atoms with Crippen LogP contribution < -0.4 is 4.90 Å². The molecule has 0 aliphatic carbocycles. The summed E-state index contributed by atoms with van der Waals surface area (Å²) in [6.07, 6.45) is 1.42. The molecule has 2 heterocycles. The second kappa shape index (κ2) is 6.61. The van der Waals surface area contributed by atoms with Crippen molar-refractivity contribution in [2.24, 2.45) is 0 Å². The minimum atomic E-state index is -4.18. The fraction of sp³-hybridized carbons (Fsp3) is 0.263. The van der Waals surface area contributed by atoms with Gasteiger partial charge in [0, 0.05) is 49.5 Å². The number of benzene rings is 2. The average molecular weight is 391 g/mol. The maximum absolute atomic E-state index is 14.1. The van der Waals surface area contributed by atoms with E-state index in [0.717, 1.165) is 53.4 Å². The molecule has 0 spiro atoms. The van der Waals surface area contributed by atoms with Gasteiger partial charge in [0.25, 0.3) is 10.0 Å². The van der Waals surface area contributed by atoms with Crippen LogP contribution in [0.15, 0.2) is 53.6 Å². The lowest BCUT2D eigenvalue weighted by molar-refractivity contribution is 0.313. The zero-order valence-corrected chi connectivity index (χ0v) is 15.6. The van der Waals surface area contributed by atoms with E-state index in [0.29, 0.717) is 11.6 Å². The molecule has 0 radical (unpaired) electrons. The number of aromatic nitrogens is 1. The van der Waals surface area contributed by atoms with E-state index < -0.39 is 26.6 Å². The Morgan fingerprint density at radius 3 is 2.41 bits per heavy atom. The number of fused-ring (bicyclic) bond motifs is 1. The standard InChI is InChI=1S/C19H19F2N3O2S/c1-22-9-11-23(12-10-22)17-3-2-4-18-15(17)7-8-24(18)27(25,26)19-6-5-14(20)13-16(19)21/h2-8,13H,9-12H2,1H3. The highest BCUT2D eigenvalue weighted by Gasteiger charge is 2.25. The molecule has 1 aromatic heterocycles. The number of rotatable bonds is 3. The number of anilines is 1. The van der Waals surface area contributed by atoms with Gasteiger partial charge in [-0.25, -0.2) is 21.2 Å². The predicted octanol–water partition coefficient (Wildman–Crippen LogP) is 2.91. The number of hydrogen-bond acceptors (Lipinski definition) is 4. The molecule has 2 aromatic carbocycles. The Morgan fingerprint density at radius 2 is 1.70 bits per heavy atom. The van der Waals surface area contributed by atoms with Gasteiger partial charge in [0.2, 0.25) is 0 Å². The molecule has 27 heavy (non-hydrogen) atoms. The minimum Gasteiger partial charge on any atom is -0.368 e. The number of piperazine rings is 1. The van der Waals surface area contributed by atoms with Gasteiger partial charge in [0.05, 0.1) is 5.52 Å². The maximum atomic E-state index is 14.1. The topological polar surface area (TPSA) is 45.5 Å². The molecule has 0 unspecified atom stereocenters. The lowest BCUT2D eigenvalue weighted by atomic mass is 10.2. The van der Waals surface area contributed by atoms with E-state index in [9.17, 15) is 17.2 Å². The Morgan fingerprint density at radius 1 is 0.963 bits per heavy atom. The molecule has 4 rings (SSSR count). The zero-order valence-electron chi connectivity index (χ0n) is 14.8. The van der Waals surface area contributed by atoms with E-state index in [4.69, 9.17) is 0 Å². The van der Waals surface area contributed by atoms with Gasteiger partial charge in [-0.1, -0.05) is 6.07 Å². The van der Waals surface area contributed by atoms with Crippen molar-refractivity contribution in [2.75, 3.05) is 38.1 Å². The van der Waals surface area contributed by atoms with E-state index in [1.165, 1.54) is 6.20 Å². The Balaban J connectivity index is 1.81. The number of halogens is 2. The average Bonchev–Trinajstić information content (AvgIpc) is 3.07. The number of hydrogen-bond donors (Lipinski definition) is 0. The van der Waals surface area contributed by atoms with Gasteiger partial charge in [-0.15, -0.1) is 0 Å². The molecule has 3 aromatic rings. The molecule has 1 aliphatic rings. The van der Waals surface area contributed by atoms with Gasteiger partial charge in [-0.2, -0.15) is 0 Å². The monoisotopic (exact) mass is 391 g/mol. The van der Waals surface area contributed by atoms with Gasteiger partial charge < -0.3 is 9.80 Å². The minimum absolute atomic E-state index is 0.468. The van der Waals surface area contributed by atoms with Crippen molar-refractivity contribution in [2.45, 2.75) is 4.90 Å². The molecule has 1 fully saturated rings. The highest BCUT2D eigenvalue weighted by atomic mass is 32.2. The third kappa shape index (κ3) is 3.08. The van der Waals surface area contributed by atoms with Gasteiger partial charge in [0.15, 0.2) is 0 Å². The summed E-state index contributed by atoms with van der Waals surface area (Å²) in [4.78, 5) is 3.91. The summed E-state index contributed by atoms with van der Waals surface area (Å²) in [5.74, 6) is -1.92. The van der Waals surface area contributed by atoms with Crippen LogP contribution in [0, 0.1) is 11.6 Å². The smallest absolute Gasteiger partial charge is 0.271 e. The molecular formula is C19H19F2N3O2S. The predicted molar refractivity (Wildman–Crippen MR) is 101 cm³/mol. The van der Waals surface area contributed by atoms with Gasteiger partial charge in [-0.05, 0) is 37.4 Å². The summed E-state index contributed by atoms with van der Waals surface area (Å²) < 4.78 is 54.2. The van der Waals surface area contributed by atoms with Crippen LogP contribution >= 0.6 is 0 Å². The van der Waals surface area contributed by atoms with Gasteiger partial charge in [-0.3, -0.25) is 0 Å². The first-order valence-corrected chi connectivity index (χ1v) is 10.1. The molecule has 0 atom stereocenters. The lowest BCUT2D eigenvalue weighted by Gasteiger charge is -2.34. The Hall–Kier alpha value is -2.45. The summed E-state index contributed by atoms with van der Waals surface area (Å²) in [6, 6.07) is 9.64. The molecule has 0 bridgehead atoms. The van der Waals surface area contributed by atoms with Crippen LogP contribution in [0.3, 0.4) is 0 Å². The van der Waals surface area contributed by atoms with Crippen molar-refractivity contribution in [3.63, 3.8) is 0 Å². The van der Waals surface area contributed by atoms with Crippen LogP contribution in [0.5, 0.6) is 0 Å². The summed E-state index contributed by atoms with van der Waals surface area (Å²) in [5.41, 5.74) is 1.42. The Kier molecular flexibility index (Phi) is 4.39. The molecule has 0 N–H and O–H groups in total. The van der Waals surface area contributed by atoms with E-state index >= 15 is 0 Å². The Bertz CT molecular complexity index is 1100. The van der Waals surface area contributed by atoms with Crippen LogP contribution in [0.4, 0.5) is 14.5 Å². The van der Waals surface area contributed by atoms with Crippen molar-refractivity contribution in [1.82, 2.24) is 8.87 Å². The number of nitrogens with zero attached hydrogens (tertiary/aromatic N) is 3. The largest absolute Gasteiger partial charge is 0.368 e. The van der Waals surface area contributed by atoms with Crippen LogP contribution in [-0.2, 0) is 10.0 Å². The quantitative estimate of drug-likeness (QED) is 0.689. The second-order valence-electron chi connectivity index (χ2n) is 6.69. The summed E-state index contributed by atoms with van der Waals surface area (Å²) >= 11 is 0. The van der Waals surface area contributed by atoms with Crippen molar-refractivity contribution < 1.29 is 17.2 Å². The van der Waals surface area contributed by atoms with Crippen molar-refractivity contribution in [1.29, 1.82) is 0 Å².